The lowest BCUT2D eigenvalue weighted by Gasteiger charge is -2.07. The zero-order valence-electron chi connectivity index (χ0n) is 7.92. The van der Waals surface area contributed by atoms with E-state index in [4.69, 9.17) is 0 Å². The van der Waals surface area contributed by atoms with Crippen LogP contribution in [0.1, 0.15) is 5.56 Å². The van der Waals surface area contributed by atoms with E-state index in [1.165, 1.54) is 7.05 Å². The molecule has 0 spiro atoms. The van der Waals surface area contributed by atoms with Gasteiger partial charge in [-0.2, -0.15) is 0 Å². The van der Waals surface area contributed by atoms with Crippen molar-refractivity contribution in [3.8, 4) is 0 Å². The molecule has 76 valence electrons. The molecule has 1 atom stereocenters. The third-order valence-electron chi connectivity index (χ3n) is 1.64. The lowest BCUT2D eigenvalue weighted by Crippen LogP contribution is -2.17. The van der Waals surface area contributed by atoms with Crippen LogP contribution in [-0.2, 0) is 16.6 Å². The van der Waals surface area contributed by atoms with Gasteiger partial charge in [-0.3, -0.25) is 9.22 Å². The van der Waals surface area contributed by atoms with Crippen LogP contribution in [0.5, 0.6) is 0 Å². The molecule has 0 saturated heterocycles. The Morgan fingerprint density at radius 3 is 2.57 bits per heavy atom. The van der Waals surface area contributed by atoms with Crippen LogP contribution >= 0.6 is 0 Å². The molecule has 0 aliphatic rings. The Morgan fingerprint density at radius 1 is 1.36 bits per heavy atom. The highest BCUT2D eigenvalue weighted by Crippen LogP contribution is 2.03. The molecule has 0 aromatic heterocycles. The van der Waals surface area contributed by atoms with Gasteiger partial charge in [0.15, 0.2) is 0 Å². The van der Waals surface area contributed by atoms with Crippen LogP contribution in [0.3, 0.4) is 0 Å². The number of hydrogen-bond donors (Lipinski definition) is 0. The lowest BCUT2D eigenvalue weighted by atomic mass is 10.2. The molecule has 14 heavy (non-hydrogen) atoms. The average Bonchev–Trinajstić information content (AvgIpc) is 2.19. The highest BCUT2D eigenvalue weighted by molar-refractivity contribution is 7.84. The summed E-state index contributed by atoms with van der Waals surface area (Å²) in [5, 5.41) is 3.80. The monoisotopic (exact) mass is 212 g/mol. The van der Waals surface area contributed by atoms with Gasteiger partial charge in [-0.25, -0.2) is 0 Å². The number of benzene rings is 1. The maximum absolute atomic E-state index is 11.5. The van der Waals surface area contributed by atoms with Gasteiger partial charge < -0.3 is 0 Å². The molecule has 0 bridgehead atoms. The quantitative estimate of drug-likeness (QED) is 0.549. The summed E-state index contributed by atoms with van der Waals surface area (Å²) in [6.07, 6.45) is 0. The Labute approximate surface area is 85.3 Å². The first-order valence-electron chi connectivity index (χ1n) is 4.15. The van der Waals surface area contributed by atoms with Crippen molar-refractivity contribution in [1.29, 1.82) is 0 Å². The van der Waals surface area contributed by atoms with E-state index in [1.54, 1.807) is 0 Å². The van der Waals surface area contributed by atoms with Gasteiger partial charge in [0.25, 0.3) is 0 Å². The van der Waals surface area contributed by atoms with E-state index in [-0.39, 0.29) is 5.88 Å². The fourth-order valence-corrected chi connectivity index (χ4v) is 2.16. The second kappa shape index (κ2) is 5.49. The molecule has 5 heteroatoms. The van der Waals surface area contributed by atoms with Crippen LogP contribution in [0, 0.1) is 4.91 Å². The van der Waals surface area contributed by atoms with Crippen molar-refractivity contribution in [3.05, 3.63) is 40.8 Å². The summed E-state index contributed by atoms with van der Waals surface area (Å²) in [6, 6.07) is 9.52. The van der Waals surface area contributed by atoms with Crippen molar-refractivity contribution in [2.24, 2.45) is 5.29 Å². The standard InChI is InChI=1S/C9H12N2O2S/c1-11(10-12)8-14(13)7-9-5-3-2-4-6-9/h2-6H,7-8H2,1H3. The van der Waals surface area contributed by atoms with E-state index in [9.17, 15) is 9.12 Å². The van der Waals surface area contributed by atoms with Crippen LogP contribution in [0.4, 0.5) is 0 Å². The molecular formula is C9H12N2O2S. The molecule has 0 aliphatic heterocycles. The smallest absolute Gasteiger partial charge is 0.114 e. The number of rotatable bonds is 5. The fraction of sp³-hybridized carbons (Fsp3) is 0.333. The number of hydrogen-bond acceptors (Lipinski definition) is 3. The Hall–Kier alpha value is -1.23. The molecule has 0 amide bonds. The summed E-state index contributed by atoms with van der Waals surface area (Å²) in [5.41, 5.74) is 1.00. The van der Waals surface area contributed by atoms with Gasteiger partial charge in [-0.05, 0) is 5.56 Å². The third kappa shape index (κ3) is 3.66. The Morgan fingerprint density at radius 2 is 2.00 bits per heavy atom. The minimum Gasteiger partial charge on any atom is -0.257 e. The van der Waals surface area contributed by atoms with E-state index in [1.807, 2.05) is 30.3 Å². The van der Waals surface area contributed by atoms with Crippen LogP contribution in [-0.4, -0.2) is 22.1 Å². The van der Waals surface area contributed by atoms with Crippen molar-refractivity contribution in [2.75, 3.05) is 12.9 Å². The molecule has 0 saturated carbocycles. The molecule has 1 aromatic carbocycles. The third-order valence-corrected chi connectivity index (χ3v) is 2.96. The van der Waals surface area contributed by atoms with Gasteiger partial charge in [-0.1, -0.05) is 30.3 Å². The Kier molecular flexibility index (Phi) is 4.25. The first-order chi connectivity index (χ1) is 6.72. The van der Waals surface area contributed by atoms with Crippen molar-refractivity contribution in [2.45, 2.75) is 5.75 Å². The molecule has 0 N–H and O–H groups in total. The summed E-state index contributed by atoms with van der Waals surface area (Å²) >= 11 is 0. The average molecular weight is 212 g/mol. The highest BCUT2D eigenvalue weighted by Gasteiger charge is 2.04. The minimum atomic E-state index is -1.07. The summed E-state index contributed by atoms with van der Waals surface area (Å²) in [6.45, 7) is 0. The zero-order valence-corrected chi connectivity index (χ0v) is 8.74. The van der Waals surface area contributed by atoms with E-state index in [0.717, 1.165) is 10.6 Å². The van der Waals surface area contributed by atoms with E-state index < -0.39 is 10.8 Å². The summed E-state index contributed by atoms with van der Waals surface area (Å²) in [4.78, 5) is 10.0. The summed E-state index contributed by atoms with van der Waals surface area (Å²) < 4.78 is 11.5. The predicted molar refractivity (Wildman–Crippen MR) is 56.7 cm³/mol. The molecule has 1 aromatic rings. The van der Waals surface area contributed by atoms with Crippen LogP contribution in [0.15, 0.2) is 35.6 Å². The van der Waals surface area contributed by atoms with Crippen molar-refractivity contribution >= 4 is 10.8 Å². The van der Waals surface area contributed by atoms with Crippen LogP contribution in [0.25, 0.3) is 0 Å². The fourth-order valence-electron chi connectivity index (χ4n) is 1.04. The van der Waals surface area contributed by atoms with Crippen LogP contribution < -0.4 is 0 Å². The zero-order chi connectivity index (χ0) is 10.4. The molecule has 0 heterocycles. The maximum Gasteiger partial charge on any atom is 0.114 e. The molecule has 1 unspecified atom stereocenters. The van der Waals surface area contributed by atoms with E-state index in [2.05, 4.69) is 5.29 Å². The number of nitrogens with zero attached hydrogens (tertiary/aromatic N) is 2. The van der Waals surface area contributed by atoms with E-state index in [0.29, 0.717) is 5.75 Å². The maximum atomic E-state index is 11.5. The Balaban J connectivity index is 2.46. The normalized spacial score (nSPS) is 12.1. The molecule has 0 aliphatic carbocycles. The molecule has 0 radical (unpaired) electrons. The first kappa shape index (κ1) is 10.8. The second-order valence-corrected chi connectivity index (χ2v) is 4.36. The molecule has 1 rings (SSSR count). The van der Waals surface area contributed by atoms with Gasteiger partial charge in [0, 0.05) is 17.8 Å². The van der Waals surface area contributed by atoms with Gasteiger partial charge in [0.05, 0.1) is 11.0 Å². The van der Waals surface area contributed by atoms with Gasteiger partial charge in [0.2, 0.25) is 0 Å². The predicted octanol–water partition coefficient (Wildman–Crippen LogP) is 1.51. The topological polar surface area (TPSA) is 49.7 Å². The summed E-state index contributed by atoms with van der Waals surface area (Å²) in [5.74, 6) is 0.638. The molecule has 0 fully saturated rings. The van der Waals surface area contributed by atoms with Crippen LogP contribution in [0.2, 0.25) is 0 Å². The SMILES string of the molecule is CN(CS(=O)Cc1ccccc1)N=O. The number of nitroso groups, excluding NO2 is 1. The minimum absolute atomic E-state index is 0.179. The summed E-state index contributed by atoms with van der Waals surface area (Å²) in [7, 11) is 0.441. The van der Waals surface area contributed by atoms with Gasteiger partial charge in [0.1, 0.15) is 5.88 Å². The highest BCUT2D eigenvalue weighted by atomic mass is 32.2. The van der Waals surface area contributed by atoms with Crippen molar-refractivity contribution in [1.82, 2.24) is 5.01 Å². The first-order valence-corrected chi connectivity index (χ1v) is 5.64. The molecule has 4 nitrogen and oxygen atoms in total. The van der Waals surface area contributed by atoms with E-state index >= 15 is 0 Å². The lowest BCUT2D eigenvalue weighted by molar-refractivity contribution is 0.408. The van der Waals surface area contributed by atoms with Gasteiger partial charge >= 0.3 is 0 Å². The van der Waals surface area contributed by atoms with Gasteiger partial charge in [-0.15, -0.1) is 4.91 Å². The molecular weight excluding hydrogens is 200 g/mol. The van der Waals surface area contributed by atoms with Crippen molar-refractivity contribution in [3.63, 3.8) is 0 Å². The Bertz CT molecular complexity index is 316. The largest absolute Gasteiger partial charge is 0.257 e. The van der Waals surface area contributed by atoms with Crippen molar-refractivity contribution < 1.29 is 4.21 Å². The second-order valence-electron chi connectivity index (χ2n) is 2.94.